The molecule has 6 nitrogen and oxygen atoms in total. The van der Waals surface area contributed by atoms with Crippen LogP contribution in [0.2, 0.25) is 5.02 Å². The van der Waals surface area contributed by atoms with Crippen LogP contribution in [0.15, 0.2) is 48.5 Å². The van der Waals surface area contributed by atoms with Crippen LogP contribution < -0.4 is 5.32 Å². The number of carbonyl (C=O) groups excluding carboxylic acids is 2. The van der Waals surface area contributed by atoms with Crippen LogP contribution in [0.1, 0.15) is 48.0 Å². The predicted molar refractivity (Wildman–Crippen MR) is 129 cm³/mol. The fourth-order valence-electron chi connectivity index (χ4n) is 3.37. The first-order valence-corrected chi connectivity index (χ1v) is 10.8. The molecular formula is C25H29ClN4O2. The second-order valence-corrected chi connectivity index (χ2v) is 9.46. The number of amides is 2. The summed E-state index contributed by atoms with van der Waals surface area (Å²) >= 11 is 6.13. The summed E-state index contributed by atoms with van der Waals surface area (Å²) in [7, 11) is 1.58. The van der Waals surface area contributed by atoms with E-state index in [-0.39, 0.29) is 23.8 Å². The van der Waals surface area contributed by atoms with E-state index in [1.165, 1.54) is 4.90 Å². The third kappa shape index (κ3) is 5.19. The smallest absolute Gasteiger partial charge is 0.255 e. The first-order chi connectivity index (χ1) is 15.0. The third-order valence-corrected chi connectivity index (χ3v) is 5.49. The van der Waals surface area contributed by atoms with Crippen LogP contribution >= 0.6 is 11.6 Å². The monoisotopic (exact) mass is 452 g/mol. The molecule has 1 aromatic heterocycles. The Balaban J connectivity index is 1.86. The molecule has 0 aliphatic carbocycles. The third-order valence-electron chi connectivity index (χ3n) is 5.16. The van der Waals surface area contributed by atoms with Crippen molar-refractivity contribution in [2.24, 2.45) is 0 Å². The van der Waals surface area contributed by atoms with Crippen molar-refractivity contribution < 1.29 is 9.59 Å². The molecular weight excluding hydrogens is 424 g/mol. The highest BCUT2D eigenvalue weighted by molar-refractivity contribution is 6.33. The molecule has 2 amide bonds. The molecule has 3 rings (SSSR count). The van der Waals surface area contributed by atoms with E-state index in [0.29, 0.717) is 16.4 Å². The molecule has 3 aromatic rings. The van der Waals surface area contributed by atoms with Gasteiger partial charge < -0.3 is 10.2 Å². The topological polar surface area (TPSA) is 67.2 Å². The number of aryl methyl sites for hydroxylation is 2. The Morgan fingerprint density at radius 1 is 1.09 bits per heavy atom. The first kappa shape index (κ1) is 23.5. The van der Waals surface area contributed by atoms with Gasteiger partial charge in [0.2, 0.25) is 5.91 Å². The summed E-state index contributed by atoms with van der Waals surface area (Å²) in [5.74, 6) is -0.0752. The SMILES string of the molecule is Cc1ccc(-n2nc(C(C)(C)C)cc2NC(=O)CN(C)C(=O)c2ccccc2Cl)c(C)c1. The second-order valence-electron chi connectivity index (χ2n) is 9.06. The standard InChI is InChI=1S/C25H29ClN4O2/c1-16-11-12-20(17(2)13-16)30-22(14-21(28-30)25(3,4)5)27-23(31)15-29(6)24(32)18-9-7-8-10-19(18)26/h7-14H,15H2,1-6H3,(H,27,31). The number of anilines is 1. The lowest BCUT2D eigenvalue weighted by Gasteiger charge is -2.18. The van der Waals surface area contributed by atoms with E-state index in [0.717, 1.165) is 22.5 Å². The van der Waals surface area contributed by atoms with E-state index in [9.17, 15) is 9.59 Å². The van der Waals surface area contributed by atoms with Gasteiger partial charge in [0, 0.05) is 18.5 Å². The van der Waals surface area contributed by atoms with Gasteiger partial charge in [0.25, 0.3) is 5.91 Å². The quantitative estimate of drug-likeness (QED) is 0.582. The minimum absolute atomic E-state index is 0.118. The van der Waals surface area contributed by atoms with Crippen molar-refractivity contribution in [1.29, 1.82) is 0 Å². The predicted octanol–water partition coefficient (Wildman–Crippen LogP) is 5.15. The lowest BCUT2D eigenvalue weighted by atomic mass is 9.92. The number of hydrogen-bond donors (Lipinski definition) is 1. The zero-order valence-corrected chi connectivity index (χ0v) is 20.1. The molecule has 0 unspecified atom stereocenters. The van der Waals surface area contributed by atoms with Gasteiger partial charge in [0.05, 0.1) is 28.5 Å². The molecule has 32 heavy (non-hydrogen) atoms. The summed E-state index contributed by atoms with van der Waals surface area (Å²) in [4.78, 5) is 26.9. The fourth-order valence-corrected chi connectivity index (χ4v) is 3.59. The number of halogens is 1. The lowest BCUT2D eigenvalue weighted by molar-refractivity contribution is -0.116. The summed E-state index contributed by atoms with van der Waals surface area (Å²) in [6.07, 6.45) is 0. The maximum Gasteiger partial charge on any atom is 0.255 e. The molecule has 2 aromatic carbocycles. The molecule has 168 valence electrons. The molecule has 0 saturated carbocycles. The lowest BCUT2D eigenvalue weighted by Crippen LogP contribution is -2.35. The summed E-state index contributed by atoms with van der Waals surface area (Å²) in [6, 6.07) is 14.8. The maximum absolute atomic E-state index is 12.8. The van der Waals surface area contributed by atoms with E-state index in [2.05, 4.69) is 32.2 Å². The highest BCUT2D eigenvalue weighted by Crippen LogP contribution is 2.28. The molecule has 0 saturated heterocycles. The van der Waals surface area contributed by atoms with Crippen molar-refractivity contribution in [2.45, 2.75) is 40.0 Å². The number of carbonyl (C=O) groups is 2. The van der Waals surface area contributed by atoms with E-state index >= 15 is 0 Å². The van der Waals surface area contributed by atoms with Crippen LogP contribution in [-0.2, 0) is 10.2 Å². The number of nitrogens with zero attached hydrogens (tertiary/aromatic N) is 3. The van der Waals surface area contributed by atoms with Gasteiger partial charge in [-0.2, -0.15) is 5.10 Å². The average molecular weight is 453 g/mol. The molecule has 0 aliphatic rings. The highest BCUT2D eigenvalue weighted by Gasteiger charge is 2.23. The van der Waals surface area contributed by atoms with E-state index in [4.69, 9.17) is 16.7 Å². The Bertz CT molecular complexity index is 1160. The Morgan fingerprint density at radius 2 is 1.78 bits per heavy atom. The van der Waals surface area contributed by atoms with Gasteiger partial charge in [-0.15, -0.1) is 0 Å². The van der Waals surface area contributed by atoms with Gasteiger partial charge in [0.15, 0.2) is 0 Å². The Labute approximate surface area is 194 Å². The van der Waals surface area contributed by atoms with Crippen LogP contribution in [0.4, 0.5) is 5.82 Å². The summed E-state index contributed by atoms with van der Waals surface area (Å²) in [6.45, 7) is 10.2. The molecule has 0 spiro atoms. The number of aromatic nitrogens is 2. The molecule has 0 aliphatic heterocycles. The van der Waals surface area contributed by atoms with Crippen molar-refractivity contribution in [3.05, 3.63) is 75.9 Å². The molecule has 7 heteroatoms. The molecule has 0 atom stereocenters. The van der Waals surface area contributed by atoms with Gasteiger partial charge in [-0.3, -0.25) is 9.59 Å². The van der Waals surface area contributed by atoms with E-state index < -0.39 is 0 Å². The van der Waals surface area contributed by atoms with Crippen LogP contribution in [0.5, 0.6) is 0 Å². The van der Waals surface area contributed by atoms with E-state index in [1.54, 1.807) is 36.0 Å². The summed E-state index contributed by atoms with van der Waals surface area (Å²) < 4.78 is 1.75. The van der Waals surface area contributed by atoms with Crippen molar-refractivity contribution >= 4 is 29.2 Å². The minimum atomic E-state index is -0.320. The van der Waals surface area contributed by atoms with Gasteiger partial charge in [-0.1, -0.05) is 62.2 Å². The Kier molecular flexibility index (Phi) is 6.74. The Morgan fingerprint density at radius 3 is 2.41 bits per heavy atom. The van der Waals surface area contributed by atoms with E-state index in [1.807, 2.05) is 32.0 Å². The van der Waals surface area contributed by atoms with Crippen LogP contribution in [0.3, 0.4) is 0 Å². The molecule has 0 radical (unpaired) electrons. The molecule has 0 fully saturated rings. The number of benzene rings is 2. The van der Waals surface area contributed by atoms with Crippen LogP contribution in [0, 0.1) is 13.8 Å². The molecule has 0 bridgehead atoms. The number of nitrogens with one attached hydrogen (secondary N) is 1. The van der Waals surface area contributed by atoms with Crippen LogP contribution in [0.25, 0.3) is 5.69 Å². The van der Waals surface area contributed by atoms with Gasteiger partial charge >= 0.3 is 0 Å². The zero-order chi connectivity index (χ0) is 23.6. The number of likely N-dealkylation sites (N-methyl/N-ethyl adjacent to an activating group) is 1. The minimum Gasteiger partial charge on any atom is -0.332 e. The van der Waals surface area contributed by atoms with Crippen molar-refractivity contribution in [3.63, 3.8) is 0 Å². The van der Waals surface area contributed by atoms with Crippen molar-refractivity contribution in [2.75, 3.05) is 18.9 Å². The number of rotatable bonds is 5. The maximum atomic E-state index is 12.8. The largest absolute Gasteiger partial charge is 0.332 e. The average Bonchev–Trinajstić information content (AvgIpc) is 3.11. The summed E-state index contributed by atoms with van der Waals surface area (Å²) in [5, 5.41) is 8.06. The van der Waals surface area contributed by atoms with Crippen molar-refractivity contribution in [1.82, 2.24) is 14.7 Å². The molecule has 1 N–H and O–H groups in total. The van der Waals surface area contributed by atoms with Gasteiger partial charge in [0.1, 0.15) is 5.82 Å². The fraction of sp³-hybridized carbons (Fsp3) is 0.320. The second kappa shape index (κ2) is 9.17. The number of hydrogen-bond acceptors (Lipinski definition) is 3. The Hall–Kier alpha value is -3.12. The first-order valence-electron chi connectivity index (χ1n) is 10.5. The van der Waals surface area contributed by atoms with Gasteiger partial charge in [-0.05, 0) is 37.6 Å². The summed E-state index contributed by atoms with van der Waals surface area (Å²) in [5.41, 5.74) is 4.12. The van der Waals surface area contributed by atoms with Crippen molar-refractivity contribution in [3.8, 4) is 5.69 Å². The highest BCUT2D eigenvalue weighted by atomic mass is 35.5. The normalized spacial score (nSPS) is 11.3. The zero-order valence-electron chi connectivity index (χ0n) is 19.4. The van der Waals surface area contributed by atoms with Gasteiger partial charge in [-0.25, -0.2) is 4.68 Å². The van der Waals surface area contributed by atoms with Crippen LogP contribution in [-0.4, -0.2) is 40.1 Å². The molecule has 1 heterocycles.